The zero-order chi connectivity index (χ0) is 24.3. The molecule has 0 amide bonds. The minimum atomic E-state index is -4.55. The third-order valence-corrected chi connectivity index (χ3v) is 6.13. The number of pyridine rings is 1. The molecule has 0 fully saturated rings. The average Bonchev–Trinajstić information content (AvgIpc) is 3.15. The molecule has 4 aromatic rings. The monoisotopic (exact) mass is 531 g/mol. The molecule has 0 aliphatic heterocycles. The van der Waals surface area contributed by atoms with Crippen LogP contribution in [-0.4, -0.2) is 21.4 Å². The molecule has 4 nitrogen and oxygen atoms in total. The molecule has 0 saturated heterocycles. The van der Waals surface area contributed by atoms with Crippen LogP contribution in [0.25, 0.3) is 28.0 Å². The van der Waals surface area contributed by atoms with Gasteiger partial charge in [0.15, 0.2) is 5.65 Å². The largest absolute Gasteiger partial charge is 0.494 e. The van der Waals surface area contributed by atoms with E-state index in [-0.39, 0.29) is 22.4 Å². The predicted molar refractivity (Wildman–Crippen MR) is 131 cm³/mol. The van der Waals surface area contributed by atoms with Gasteiger partial charge in [0.2, 0.25) is 0 Å². The molecule has 2 heterocycles. The van der Waals surface area contributed by atoms with Crippen LogP contribution >= 0.6 is 15.9 Å². The first kappa shape index (κ1) is 24.3. The van der Waals surface area contributed by atoms with E-state index >= 15 is 0 Å². The summed E-state index contributed by atoms with van der Waals surface area (Å²) < 4.78 is 50.3. The van der Waals surface area contributed by atoms with E-state index in [1.807, 2.05) is 12.1 Å². The third-order valence-electron chi connectivity index (χ3n) is 5.61. The number of halogens is 4. The Hall–Kier alpha value is -2.87. The minimum absolute atomic E-state index is 0.00574. The smallest absolute Gasteiger partial charge is 0.417 e. The van der Waals surface area contributed by atoms with Crippen LogP contribution in [0.1, 0.15) is 43.9 Å². The Morgan fingerprint density at radius 3 is 2.32 bits per heavy atom. The number of aromatic nitrogens is 3. The molecule has 34 heavy (non-hydrogen) atoms. The van der Waals surface area contributed by atoms with Crippen LogP contribution in [-0.2, 0) is 6.18 Å². The lowest BCUT2D eigenvalue weighted by atomic mass is 10.0. The number of ether oxygens (including phenoxy) is 1. The van der Waals surface area contributed by atoms with Crippen molar-refractivity contribution in [3.8, 4) is 22.7 Å². The van der Waals surface area contributed by atoms with Crippen molar-refractivity contribution in [3.05, 3.63) is 70.3 Å². The lowest BCUT2D eigenvalue weighted by Gasteiger charge is -2.12. The fourth-order valence-electron chi connectivity index (χ4n) is 3.86. The molecular weight excluding hydrogens is 507 g/mol. The first-order valence-electron chi connectivity index (χ1n) is 11.2. The van der Waals surface area contributed by atoms with E-state index in [1.54, 1.807) is 43.3 Å². The van der Waals surface area contributed by atoms with Crippen molar-refractivity contribution in [3.63, 3.8) is 0 Å². The molecule has 2 aromatic carbocycles. The van der Waals surface area contributed by atoms with Crippen LogP contribution in [0.5, 0.6) is 5.75 Å². The summed E-state index contributed by atoms with van der Waals surface area (Å²) in [5, 5.41) is 4.39. The van der Waals surface area contributed by atoms with Gasteiger partial charge in [-0.25, -0.2) is 9.67 Å². The number of aryl methyl sites for hydroxylation is 1. The standard InChI is InChI=1S/C26H25BrF3N3O/c1-3-4-5-6-15-34-21-13-7-18(8-14-21)23-16-22(26(28,29)30)24-17(2)32-33(25(24)31-23)20-11-9-19(27)10-12-20/h7-14,16H,3-6,15H2,1-2H3. The van der Waals surface area contributed by atoms with Crippen LogP contribution in [0.15, 0.2) is 59.1 Å². The summed E-state index contributed by atoms with van der Waals surface area (Å²) in [6.07, 6.45) is -0.122. The highest BCUT2D eigenvalue weighted by Crippen LogP contribution is 2.39. The molecule has 0 saturated carbocycles. The first-order valence-corrected chi connectivity index (χ1v) is 12.0. The summed E-state index contributed by atoms with van der Waals surface area (Å²) in [5.74, 6) is 0.688. The Bertz CT molecular complexity index is 1270. The maximum atomic E-state index is 14.1. The Morgan fingerprint density at radius 2 is 1.68 bits per heavy atom. The zero-order valence-corrected chi connectivity index (χ0v) is 20.6. The third kappa shape index (κ3) is 5.27. The maximum Gasteiger partial charge on any atom is 0.417 e. The Labute approximate surface area is 204 Å². The van der Waals surface area contributed by atoms with Gasteiger partial charge in [0.05, 0.1) is 34.6 Å². The number of rotatable bonds is 8. The Morgan fingerprint density at radius 1 is 0.971 bits per heavy atom. The lowest BCUT2D eigenvalue weighted by molar-refractivity contribution is -0.136. The predicted octanol–water partition coefficient (Wildman–Crippen LogP) is 8.14. The second-order valence-electron chi connectivity index (χ2n) is 8.16. The SMILES string of the molecule is CCCCCCOc1ccc(-c2cc(C(F)(F)F)c3c(C)nn(-c4ccc(Br)cc4)c3n2)cc1. The van der Waals surface area contributed by atoms with Crippen LogP contribution in [0.3, 0.4) is 0 Å². The summed E-state index contributed by atoms with van der Waals surface area (Å²) in [4.78, 5) is 4.61. The van der Waals surface area contributed by atoms with Crippen molar-refractivity contribution < 1.29 is 17.9 Å². The summed E-state index contributed by atoms with van der Waals surface area (Å²) >= 11 is 3.38. The van der Waals surface area contributed by atoms with Crippen molar-refractivity contribution in [1.82, 2.24) is 14.8 Å². The van der Waals surface area contributed by atoms with E-state index in [2.05, 4.69) is 32.9 Å². The second kappa shape index (κ2) is 10.2. The molecule has 0 aliphatic rings. The molecule has 2 aromatic heterocycles. The van der Waals surface area contributed by atoms with Crippen molar-refractivity contribution in [1.29, 1.82) is 0 Å². The van der Waals surface area contributed by atoms with Crippen LogP contribution < -0.4 is 4.74 Å². The Balaban J connectivity index is 1.73. The van der Waals surface area contributed by atoms with E-state index in [0.717, 1.165) is 29.8 Å². The summed E-state index contributed by atoms with van der Waals surface area (Å²) in [5.41, 5.74) is 1.13. The average molecular weight is 532 g/mol. The minimum Gasteiger partial charge on any atom is -0.494 e. The van der Waals surface area contributed by atoms with Crippen molar-refractivity contribution in [2.24, 2.45) is 0 Å². The molecule has 178 valence electrons. The van der Waals surface area contributed by atoms with E-state index < -0.39 is 11.7 Å². The number of nitrogens with zero attached hydrogens (tertiary/aromatic N) is 3. The molecule has 0 atom stereocenters. The van der Waals surface area contributed by atoms with Gasteiger partial charge >= 0.3 is 6.18 Å². The number of benzene rings is 2. The summed E-state index contributed by atoms with van der Waals surface area (Å²) in [6, 6.07) is 15.3. The highest BCUT2D eigenvalue weighted by Gasteiger charge is 2.35. The summed E-state index contributed by atoms with van der Waals surface area (Å²) in [7, 11) is 0. The van der Waals surface area contributed by atoms with Gasteiger partial charge in [0.1, 0.15) is 5.75 Å². The highest BCUT2D eigenvalue weighted by atomic mass is 79.9. The van der Waals surface area contributed by atoms with Gasteiger partial charge in [-0.1, -0.05) is 42.1 Å². The lowest BCUT2D eigenvalue weighted by Crippen LogP contribution is -2.08. The van der Waals surface area contributed by atoms with Crippen LogP contribution in [0.4, 0.5) is 13.2 Å². The summed E-state index contributed by atoms with van der Waals surface area (Å²) in [6.45, 7) is 4.34. The fraction of sp³-hybridized carbons (Fsp3) is 0.308. The van der Waals surface area contributed by atoms with Crippen molar-refractivity contribution >= 4 is 27.0 Å². The first-order chi connectivity index (χ1) is 16.3. The second-order valence-corrected chi connectivity index (χ2v) is 9.07. The number of unbranched alkanes of at least 4 members (excludes halogenated alkanes) is 3. The Kier molecular flexibility index (Phi) is 7.26. The molecule has 0 aliphatic carbocycles. The van der Waals surface area contributed by atoms with Gasteiger partial charge in [-0.2, -0.15) is 18.3 Å². The van der Waals surface area contributed by atoms with Gasteiger partial charge in [0, 0.05) is 10.0 Å². The number of alkyl halides is 3. The molecule has 0 unspecified atom stereocenters. The van der Waals surface area contributed by atoms with Gasteiger partial charge in [0.25, 0.3) is 0 Å². The zero-order valence-electron chi connectivity index (χ0n) is 19.0. The fourth-order valence-corrected chi connectivity index (χ4v) is 4.13. The maximum absolute atomic E-state index is 14.1. The van der Waals surface area contributed by atoms with Crippen LogP contribution in [0, 0.1) is 6.92 Å². The number of fused-ring (bicyclic) bond motifs is 1. The number of hydrogen-bond donors (Lipinski definition) is 0. The van der Waals surface area contributed by atoms with E-state index in [0.29, 0.717) is 23.6 Å². The molecule has 8 heteroatoms. The molecular formula is C26H25BrF3N3O. The van der Waals surface area contributed by atoms with Crippen LogP contribution in [0.2, 0.25) is 0 Å². The van der Waals surface area contributed by atoms with Gasteiger partial charge < -0.3 is 4.74 Å². The van der Waals surface area contributed by atoms with E-state index in [1.165, 1.54) is 11.1 Å². The molecule has 0 spiro atoms. The van der Waals surface area contributed by atoms with Gasteiger partial charge in [-0.15, -0.1) is 0 Å². The topological polar surface area (TPSA) is 39.9 Å². The highest BCUT2D eigenvalue weighted by molar-refractivity contribution is 9.10. The molecule has 4 rings (SSSR count). The van der Waals surface area contributed by atoms with E-state index in [9.17, 15) is 13.2 Å². The van der Waals surface area contributed by atoms with Gasteiger partial charge in [-0.05, 0) is 67.9 Å². The van der Waals surface area contributed by atoms with Crippen molar-refractivity contribution in [2.45, 2.75) is 45.7 Å². The molecule has 0 bridgehead atoms. The van der Waals surface area contributed by atoms with Crippen molar-refractivity contribution in [2.75, 3.05) is 6.61 Å². The molecule has 0 N–H and O–H groups in total. The quantitative estimate of drug-likeness (QED) is 0.215. The number of hydrogen-bond acceptors (Lipinski definition) is 3. The molecule has 0 radical (unpaired) electrons. The van der Waals surface area contributed by atoms with E-state index in [4.69, 9.17) is 4.74 Å². The van der Waals surface area contributed by atoms with Gasteiger partial charge in [-0.3, -0.25) is 0 Å². The normalized spacial score (nSPS) is 11.8.